The maximum Gasteiger partial charge on any atom is 0.124 e. The molecule has 0 bridgehead atoms. The van der Waals surface area contributed by atoms with Crippen molar-refractivity contribution in [2.24, 2.45) is 11.8 Å². The molecule has 18 heavy (non-hydrogen) atoms. The van der Waals surface area contributed by atoms with Crippen molar-refractivity contribution in [3.63, 3.8) is 0 Å². The van der Waals surface area contributed by atoms with Crippen LogP contribution in [0.3, 0.4) is 0 Å². The van der Waals surface area contributed by atoms with E-state index in [4.69, 9.17) is 0 Å². The van der Waals surface area contributed by atoms with E-state index in [1.54, 1.807) is 0 Å². The van der Waals surface area contributed by atoms with E-state index in [1.165, 1.54) is 37.9 Å². The van der Waals surface area contributed by atoms with E-state index in [1.807, 2.05) is 6.20 Å². The summed E-state index contributed by atoms with van der Waals surface area (Å²) in [5.41, 5.74) is 0. The number of hydrogen-bond acceptors (Lipinski definition) is 2. The minimum Gasteiger partial charge on any atom is -0.370 e. The standard InChI is InChI=1S/C15H23N3/c1-12(14-7-8-14)18-15(9-10-17-18)16-11-13-5-3-2-4-6-13/h2-3,9-10,12-14,16H,4-8,11H2,1H3/t12-,13-/m0/s1. The summed E-state index contributed by atoms with van der Waals surface area (Å²) >= 11 is 0. The second kappa shape index (κ2) is 5.17. The third-order valence-electron chi connectivity index (χ3n) is 4.31. The molecule has 0 amide bonds. The van der Waals surface area contributed by atoms with Gasteiger partial charge in [-0.15, -0.1) is 0 Å². The molecule has 0 saturated heterocycles. The Hall–Kier alpha value is -1.25. The third kappa shape index (κ3) is 2.60. The van der Waals surface area contributed by atoms with Gasteiger partial charge in [-0.3, -0.25) is 0 Å². The molecule has 2 aliphatic carbocycles. The van der Waals surface area contributed by atoms with Crippen LogP contribution >= 0.6 is 0 Å². The van der Waals surface area contributed by atoms with Crippen LogP contribution in [0.5, 0.6) is 0 Å². The monoisotopic (exact) mass is 245 g/mol. The second-order valence-electron chi connectivity index (χ2n) is 5.77. The van der Waals surface area contributed by atoms with Crippen molar-refractivity contribution in [2.75, 3.05) is 11.9 Å². The van der Waals surface area contributed by atoms with E-state index in [-0.39, 0.29) is 0 Å². The first-order chi connectivity index (χ1) is 8.84. The van der Waals surface area contributed by atoms with Crippen LogP contribution in [-0.4, -0.2) is 16.3 Å². The Morgan fingerprint density at radius 3 is 3.00 bits per heavy atom. The van der Waals surface area contributed by atoms with Crippen LogP contribution in [-0.2, 0) is 0 Å². The Morgan fingerprint density at radius 2 is 2.28 bits per heavy atom. The fraction of sp³-hybridized carbons (Fsp3) is 0.667. The van der Waals surface area contributed by atoms with Crippen LogP contribution in [0.4, 0.5) is 5.82 Å². The molecule has 2 atom stereocenters. The van der Waals surface area contributed by atoms with Gasteiger partial charge in [0.2, 0.25) is 0 Å². The zero-order valence-electron chi connectivity index (χ0n) is 11.2. The Labute approximate surface area is 109 Å². The summed E-state index contributed by atoms with van der Waals surface area (Å²) in [7, 11) is 0. The molecule has 2 aliphatic rings. The average Bonchev–Trinajstić information content (AvgIpc) is 3.15. The fourth-order valence-electron chi connectivity index (χ4n) is 2.85. The summed E-state index contributed by atoms with van der Waals surface area (Å²) in [5.74, 6) is 2.83. The zero-order chi connectivity index (χ0) is 12.4. The van der Waals surface area contributed by atoms with E-state index in [2.05, 4.69) is 40.2 Å². The van der Waals surface area contributed by atoms with Crippen LogP contribution in [0.25, 0.3) is 0 Å². The van der Waals surface area contributed by atoms with E-state index < -0.39 is 0 Å². The van der Waals surface area contributed by atoms with E-state index in [0.29, 0.717) is 6.04 Å². The van der Waals surface area contributed by atoms with Gasteiger partial charge in [0.05, 0.1) is 12.2 Å². The van der Waals surface area contributed by atoms with Crippen LogP contribution in [0, 0.1) is 11.8 Å². The normalized spacial score (nSPS) is 25.1. The highest BCUT2D eigenvalue weighted by Crippen LogP contribution is 2.40. The van der Waals surface area contributed by atoms with E-state index in [0.717, 1.165) is 18.4 Å². The first-order valence-corrected chi connectivity index (χ1v) is 7.27. The summed E-state index contributed by atoms with van der Waals surface area (Å²) in [4.78, 5) is 0. The molecule has 1 saturated carbocycles. The van der Waals surface area contributed by atoms with Gasteiger partial charge in [0.15, 0.2) is 0 Å². The Bertz CT molecular complexity index is 417. The fourth-order valence-corrected chi connectivity index (χ4v) is 2.85. The Morgan fingerprint density at radius 1 is 1.39 bits per heavy atom. The molecule has 0 unspecified atom stereocenters. The molecule has 0 aliphatic heterocycles. The van der Waals surface area contributed by atoms with Crippen molar-refractivity contribution in [2.45, 2.75) is 45.1 Å². The highest BCUT2D eigenvalue weighted by molar-refractivity contribution is 5.34. The highest BCUT2D eigenvalue weighted by Gasteiger charge is 2.30. The van der Waals surface area contributed by atoms with Gasteiger partial charge in [-0.1, -0.05) is 12.2 Å². The van der Waals surface area contributed by atoms with Crippen molar-refractivity contribution in [1.82, 2.24) is 9.78 Å². The van der Waals surface area contributed by atoms with Gasteiger partial charge in [0.1, 0.15) is 5.82 Å². The van der Waals surface area contributed by atoms with E-state index >= 15 is 0 Å². The molecule has 1 N–H and O–H groups in total. The lowest BCUT2D eigenvalue weighted by atomic mass is 9.94. The van der Waals surface area contributed by atoms with Gasteiger partial charge in [0, 0.05) is 12.6 Å². The van der Waals surface area contributed by atoms with Crippen molar-refractivity contribution >= 4 is 5.82 Å². The third-order valence-corrected chi connectivity index (χ3v) is 4.31. The van der Waals surface area contributed by atoms with Crippen molar-refractivity contribution in [1.29, 1.82) is 0 Å². The molecule has 98 valence electrons. The summed E-state index contributed by atoms with van der Waals surface area (Å²) in [6.45, 7) is 3.37. The van der Waals surface area contributed by atoms with Crippen LogP contribution in [0.15, 0.2) is 24.4 Å². The number of rotatable bonds is 5. The zero-order valence-corrected chi connectivity index (χ0v) is 11.2. The molecule has 1 aromatic heterocycles. The van der Waals surface area contributed by atoms with Crippen molar-refractivity contribution < 1.29 is 0 Å². The Balaban J connectivity index is 1.58. The second-order valence-corrected chi connectivity index (χ2v) is 5.77. The first kappa shape index (κ1) is 11.8. The predicted octanol–water partition coefficient (Wildman–Crippen LogP) is 3.62. The smallest absolute Gasteiger partial charge is 0.124 e. The summed E-state index contributed by atoms with van der Waals surface area (Å²) < 4.78 is 2.18. The van der Waals surface area contributed by atoms with Gasteiger partial charge in [0.25, 0.3) is 0 Å². The molecule has 0 radical (unpaired) electrons. The quantitative estimate of drug-likeness (QED) is 0.803. The maximum atomic E-state index is 4.48. The van der Waals surface area contributed by atoms with Crippen LogP contribution < -0.4 is 5.32 Å². The lowest BCUT2D eigenvalue weighted by molar-refractivity contribution is 0.440. The summed E-state index contributed by atoms with van der Waals surface area (Å²) in [6, 6.07) is 2.66. The molecule has 0 aromatic carbocycles. The van der Waals surface area contributed by atoms with Gasteiger partial charge >= 0.3 is 0 Å². The summed E-state index contributed by atoms with van der Waals surface area (Å²) in [6.07, 6.45) is 13.1. The van der Waals surface area contributed by atoms with Gasteiger partial charge in [-0.05, 0) is 50.9 Å². The average molecular weight is 245 g/mol. The number of anilines is 1. The Kier molecular flexibility index (Phi) is 3.39. The molecule has 3 rings (SSSR count). The van der Waals surface area contributed by atoms with Crippen molar-refractivity contribution in [3.05, 3.63) is 24.4 Å². The minimum atomic E-state index is 0.550. The molecule has 1 fully saturated rings. The molecule has 3 heteroatoms. The van der Waals surface area contributed by atoms with Gasteiger partial charge < -0.3 is 5.32 Å². The maximum absolute atomic E-state index is 4.48. The number of allylic oxidation sites excluding steroid dienone is 2. The molecule has 3 nitrogen and oxygen atoms in total. The molecular formula is C15H23N3. The lowest BCUT2D eigenvalue weighted by Crippen LogP contribution is -2.19. The van der Waals surface area contributed by atoms with Gasteiger partial charge in [-0.25, -0.2) is 4.68 Å². The van der Waals surface area contributed by atoms with E-state index in [9.17, 15) is 0 Å². The number of nitrogens with one attached hydrogen (secondary N) is 1. The van der Waals surface area contributed by atoms with Crippen molar-refractivity contribution in [3.8, 4) is 0 Å². The molecule has 1 aromatic rings. The first-order valence-electron chi connectivity index (χ1n) is 7.27. The van der Waals surface area contributed by atoms with Gasteiger partial charge in [-0.2, -0.15) is 5.10 Å². The number of hydrogen-bond donors (Lipinski definition) is 1. The minimum absolute atomic E-state index is 0.550. The molecule has 1 heterocycles. The molecular weight excluding hydrogens is 222 g/mol. The summed E-state index contributed by atoms with van der Waals surface area (Å²) in [5, 5.41) is 8.07. The highest BCUT2D eigenvalue weighted by atomic mass is 15.3. The lowest BCUT2D eigenvalue weighted by Gasteiger charge is -2.21. The predicted molar refractivity (Wildman–Crippen MR) is 74.6 cm³/mol. The topological polar surface area (TPSA) is 29.9 Å². The SMILES string of the molecule is C[C@@H](C1CC1)n1nccc1NC[C@H]1CC=CCC1. The van der Waals surface area contributed by atoms with Crippen LogP contribution in [0.1, 0.15) is 45.1 Å². The number of nitrogens with zero attached hydrogens (tertiary/aromatic N) is 2. The molecule has 0 spiro atoms. The largest absolute Gasteiger partial charge is 0.370 e. The van der Waals surface area contributed by atoms with Crippen LogP contribution in [0.2, 0.25) is 0 Å². The number of aromatic nitrogens is 2.